The molecule has 0 aliphatic heterocycles. The van der Waals surface area contributed by atoms with Crippen LogP contribution in [0.4, 0.5) is 5.69 Å². The lowest BCUT2D eigenvalue weighted by Gasteiger charge is -2.34. The van der Waals surface area contributed by atoms with Gasteiger partial charge in [0.15, 0.2) is 5.60 Å². The zero-order valence-corrected chi connectivity index (χ0v) is 17.4. The first kappa shape index (κ1) is 21.4. The van der Waals surface area contributed by atoms with Crippen LogP contribution in [0, 0.1) is 12.3 Å². The molecule has 0 fully saturated rings. The number of amides is 1. The molecule has 1 amide bonds. The third-order valence-electron chi connectivity index (χ3n) is 5.43. The summed E-state index contributed by atoms with van der Waals surface area (Å²) < 4.78 is 4.72. The molecule has 0 bridgehead atoms. The Morgan fingerprint density at radius 3 is 2.40 bits per heavy atom. The number of anilines is 1. The molecule has 1 heterocycles. The SMILES string of the molecule is CC(=O)C(C)(C)CC(O)(C(=O)Nc1ccc2c(=O)onc(C)c2c1)c1ccccc1. The minimum absolute atomic E-state index is 0.0943. The number of aryl methyl sites for hydroxylation is 1. The Hall–Kier alpha value is -3.32. The number of nitrogens with one attached hydrogen (secondary N) is 1. The molecular formula is C23H24N2O5. The largest absolute Gasteiger partial charge is 0.375 e. The van der Waals surface area contributed by atoms with Gasteiger partial charge < -0.3 is 14.9 Å². The number of nitrogens with zero attached hydrogens (tertiary/aromatic N) is 1. The van der Waals surface area contributed by atoms with Gasteiger partial charge in [0.25, 0.3) is 5.91 Å². The van der Waals surface area contributed by atoms with Crippen LogP contribution < -0.4 is 10.9 Å². The van der Waals surface area contributed by atoms with Gasteiger partial charge in [0.05, 0.1) is 11.1 Å². The highest BCUT2D eigenvalue weighted by atomic mass is 16.5. The van der Waals surface area contributed by atoms with Crippen LogP contribution in [0.5, 0.6) is 0 Å². The topological polar surface area (TPSA) is 110 Å². The van der Waals surface area contributed by atoms with Gasteiger partial charge in [0.1, 0.15) is 5.78 Å². The fraction of sp³-hybridized carbons (Fsp3) is 0.304. The van der Waals surface area contributed by atoms with Gasteiger partial charge in [-0.15, -0.1) is 0 Å². The van der Waals surface area contributed by atoms with E-state index in [2.05, 4.69) is 10.5 Å². The van der Waals surface area contributed by atoms with Crippen LogP contribution in [0.2, 0.25) is 0 Å². The van der Waals surface area contributed by atoms with Crippen molar-refractivity contribution >= 4 is 28.2 Å². The number of fused-ring (bicyclic) bond motifs is 1. The molecule has 2 aromatic carbocycles. The Labute approximate surface area is 173 Å². The smallest absolute Gasteiger partial charge is 0.366 e. The third-order valence-corrected chi connectivity index (χ3v) is 5.43. The first-order chi connectivity index (χ1) is 14.0. The molecule has 0 aliphatic carbocycles. The minimum atomic E-state index is -1.94. The van der Waals surface area contributed by atoms with Gasteiger partial charge in [0, 0.05) is 22.9 Å². The predicted molar refractivity (Wildman–Crippen MR) is 113 cm³/mol. The molecule has 7 heteroatoms. The van der Waals surface area contributed by atoms with Gasteiger partial charge in [-0.2, -0.15) is 0 Å². The number of carbonyl (C=O) groups excluding carboxylic acids is 2. The summed E-state index contributed by atoms with van der Waals surface area (Å²) in [6.07, 6.45) is -0.0943. The van der Waals surface area contributed by atoms with Gasteiger partial charge in [-0.05, 0) is 37.6 Å². The number of ketones is 1. The Morgan fingerprint density at radius 2 is 1.77 bits per heavy atom. The molecule has 0 aliphatic rings. The van der Waals surface area contributed by atoms with Crippen molar-refractivity contribution in [2.45, 2.75) is 39.7 Å². The lowest BCUT2D eigenvalue weighted by Crippen LogP contribution is -2.45. The molecule has 1 aromatic heterocycles. The zero-order chi connectivity index (χ0) is 22.1. The maximum Gasteiger partial charge on any atom is 0.366 e. The van der Waals surface area contributed by atoms with Crippen LogP contribution in [0.1, 0.15) is 38.4 Å². The third kappa shape index (κ3) is 4.02. The van der Waals surface area contributed by atoms with Crippen LogP contribution in [-0.2, 0) is 15.2 Å². The molecule has 0 saturated carbocycles. The van der Waals surface area contributed by atoms with E-state index in [4.69, 9.17) is 4.52 Å². The highest BCUT2D eigenvalue weighted by Crippen LogP contribution is 2.37. The number of aromatic nitrogens is 1. The van der Waals surface area contributed by atoms with Crippen molar-refractivity contribution in [3.05, 3.63) is 70.2 Å². The lowest BCUT2D eigenvalue weighted by atomic mass is 9.74. The molecule has 3 aromatic rings. The molecule has 30 heavy (non-hydrogen) atoms. The van der Waals surface area contributed by atoms with Crippen molar-refractivity contribution in [2.24, 2.45) is 5.41 Å². The highest BCUT2D eigenvalue weighted by Gasteiger charge is 2.44. The maximum atomic E-state index is 13.3. The van der Waals surface area contributed by atoms with E-state index in [1.807, 2.05) is 0 Å². The standard InChI is InChI=1S/C23H24N2O5/c1-14-19-12-17(10-11-18(19)20(27)30-25-14)24-21(28)23(29,13-22(3,4)15(2)26)16-8-6-5-7-9-16/h5-12,29H,13H2,1-4H3,(H,24,28). The second-order valence-electron chi connectivity index (χ2n) is 8.11. The number of Topliss-reactive ketones (excluding diaryl/α,β-unsaturated/α-hetero) is 1. The summed E-state index contributed by atoms with van der Waals surface area (Å²) in [7, 11) is 0. The second-order valence-corrected chi connectivity index (χ2v) is 8.11. The van der Waals surface area contributed by atoms with Crippen molar-refractivity contribution in [3.63, 3.8) is 0 Å². The van der Waals surface area contributed by atoms with E-state index >= 15 is 0 Å². The molecule has 2 N–H and O–H groups in total. The Bertz CT molecular complexity index is 1170. The Balaban J connectivity index is 2.02. The first-order valence-corrected chi connectivity index (χ1v) is 9.55. The summed E-state index contributed by atoms with van der Waals surface area (Å²) in [5.41, 5.74) is -2.16. The number of rotatable bonds is 6. The summed E-state index contributed by atoms with van der Waals surface area (Å²) in [5, 5.41) is 18.8. The van der Waals surface area contributed by atoms with Crippen molar-refractivity contribution in [3.8, 4) is 0 Å². The Kier molecular flexibility index (Phi) is 5.59. The van der Waals surface area contributed by atoms with E-state index in [0.29, 0.717) is 27.7 Å². The normalized spacial score (nSPS) is 13.6. The monoisotopic (exact) mass is 408 g/mol. The van der Waals surface area contributed by atoms with Crippen molar-refractivity contribution in [1.82, 2.24) is 5.16 Å². The summed E-state index contributed by atoms with van der Waals surface area (Å²) in [6, 6.07) is 13.2. The number of hydrogen-bond donors (Lipinski definition) is 2. The minimum Gasteiger partial charge on any atom is -0.375 e. The van der Waals surface area contributed by atoms with Crippen LogP contribution >= 0.6 is 0 Å². The number of aliphatic hydroxyl groups is 1. The van der Waals surface area contributed by atoms with E-state index < -0.39 is 22.5 Å². The summed E-state index contributed by atoms with van der Waals surface area (Å²) in [6.45, 7) is 6.52. The summed E-state index contributed by atoms with van der Waals surface area (Å²) in [5.74, 6) is -0.806. The first-order valence-electron chi connectivity index (χ1n) is 9.55. The van der Waals surface area contributed by atoms with E-state index in [0.717, 1.165) is 0 Å². The highest BCUT2D eigenvalue weighted by molar-refractivity contribution is 6.00. The molecule has 7 nitrogen and oxygen atoms in total. The molecule has 0 spiro atoms. The molecule has 1 unspecified atom stereocenters. The zero-order valence-electron chi connectivity index (χ0n) is 17.4. The molecule has 156 valence electrons. The molecule has 0 radical (unpaired) electrons. The van der Waals surface area contributed by atoms with Gasteiger partial charge in [0.2, 0.25) is 0 Å². The van der Waals surface area contributed by atoms with Crippen molar-refractivity contribution < 1.29 is 19.2 Å². The maximum absolute atomic E-state index is 13.3. The van der Waals surface area contributed by atoms with Crippen LogP contribution in [-0.4, -0.2) is 22.0 Å². The van der Waals surface area contributed by atoms with Gasteiger partial charge in [-0.3, -0.25) is 9.59 Å². The van der Waals surface area contributed by atoms with Gasteiger partial charge >= 0.3 is 5.63 Å². The van der Waals surface area contributed by atoms with Gasteiger partial charge in [-0.1, -0.05) is 49.3 Å². The average Bonchev–Trinajstić information content (AvgIpc) is 2.71. The fourth-order valence-corrected chi connectivity index (χ4v) is 3.33. The van der Waals surface area contributed by atoms with Crippen LogP contribution in [0.25, 0.3) is 10.8 Å². The fourth-order valence-electron chi connectivity index (χ4n) is 3.33. The van der Waals surface area contributed by atoms with E-state index in [1.165, 1.54) is 13.0 Å². The quantitative estimate of drug-likeness (QED) is 0.647. The summed E-state index contributed by atoms with van der Waals surface area (Å²) in [4.78, 5) is 37.2. The van der Waals surface area contributed by atoms with Gasteiger partial charge in [-0.25, -0.2) is 4.79 Å². The molecule has 3 rings (SSSR count). The van der Waals surface area contributed by atoms with Crippen LogP contribution in [0.3, 0.4) is 0 Å². The second kappa shape index (κ2) is 7.84. The molecule has 0 saturated heterocycles. The van der Waals surface area contributed by atoms with E-state index in [9.17, 15) is 19.5 Å². The molecule has 1 atom stereocenters. The number of benzene rings is 2. The Morgan fingerprint density at radius 1 is 1.10 bits per heavy atom. The lowest BCUT2D eigenvalue weighted by molar-refractivity contribution is -0.142. The van der Waals surface area contributed by atoms with E-state index in [1.54, 1.807) is 63.2 Å². The summed E-state index contributed by atoms with van der Waals surface area (Å²) >= 11 is 0. The molecular weight excluding hydrogens is 384 g/mol. The average molecular weight is 408 g/mol. The predicted octanol–water partition coefficient (Wildman–Crippen LogP) is 3.33. The van der Waals surface area contributed by atoms with E-state index in [-0.39, 0.29) is 12.2 Å². The van der Waals surface area contributed by atoms with Crippen molar-refractivity contribution in [2.75, 3.05) is 5.32 Å². The van der Waals surface area contributed by atoms with Crippen LogP contribution in [0.15, 0.2) is 57.8 Å². The number of carbonyl (C=O) groups is 2. The number of hydrogen-bond acceptors (Lipinski definition) is 6. The van der Waals surface area contributed by atoms with Crippen molar-refractivity contribution in [1.29, 1.82) is 0 Å².